The molecule has 5 nitrogen and oxygen atoms in total. The van der Waals surface area contributed by atoms with E-state index < -0.39 is 0 Å². The maximum absolute atomic E-state index is 11.7. The Hall–Kier alpha value is -2.82. The molecule has 0 saturated heterocycles. The molecular weight excluding hydrogens is 290 g/mol. The fourth-order valence-electron chi connectivity index (χ4n) is 3.05. The van der Waals surface area contributed by atoms with E-state index in [2.05, 4.69) is 29.5 Å². The number of amides is 1. The molecule has 23 heavy (non-hydrogen) atoms. The van der Waals surface area contributed by atoms with Gasteiger partial charge in [-0.2, -0.15) is 5.10 Å². The quantitative estimate of drug-likeness (QED) is 0.750. The van der Waals surface area contributed by atoms with Crippen molar-refractivity contribution in [1.82, 2.24) is 9.78 Å². The molecule has 1 aliphatic rings. The Labute approximate surface area is 133 Å². The van der Waals surface area contributed by atoms with Crippen molar-refractivity contribution in [2.24, 2.45) is 7.05 Å². The zero-order chi connectivity index (χ0) is 16.0. The van der Waals surface area contributed by atoms with E-state index in [9.17, 15) is 4.79 Å². The molecule has 1 N–H and O–H groups in total. The third-order valence-electron chi connectivity index (χ3n) is 4.12. The predicted octanol–water partition coefficient (Wildman–Crippen LogP) is 3.27. The van der Waals surface area contributed by atoms with E-state index in [0.717, 1.165) is 39.0 Å². The van der Waals surface area contributed by atoms with Gasteiger partial charge in [-0.15, -0.1) is 0 Å². The van der Waals surface area contributed by atoms with E-state index in [1.54, 1.807) is 0 Å². The second kappa shape index (κ2) is 5.12. The SMILES string of the molecule is Cc1cc2nn(C)cc2cc1-c1cccc2c1OCCC(=O)N2. The molecule has 1 aromatic heterocycles. The summed E-state index contributed by atoms with van der Waals surface area (Å²) in [5.74, 6) is 0.727. The normalized spacial score (nSPS) is 14.1. The molecule has 0 bridgehead atoms. The van der Waals surface area contributed by atoms with Gasteiger partial charge in [0.25, 0.3) is 0 Å². The minimum absolute atomic E-state index is 0.0136. The molecule has 1 amide bonds. The van der Waals surface area contributed by atoms with Gasteiger partial charge in [0, 0.05) is 24.2 Å². The molecule has 5 heteroatoms. The molecular formula is C18H17N3O2. The smallest absolute Gasteiger partial charge is 0.227 e. The largest absolute Gasteiger partial charge is 0.490 e. The summed E-state index contributed by atoms with van der Waals surface area (Å²) in [6.07, 6.45) is 2.37. The molecule has 0 unspecified atom stereocenters. The van der Waals surface area contributed by atoms with Gasteiger partial charge in [0.2, 0.25) is 5.91 Å². The Morgan fingerprint density at radius 3 is 3.00 bits per heavy atom. The second-order valence-electron chi connectivity index (χ2n) is 5.86. The van der Waals surface area contributed by atoms with Crippen molar-refractivity contribution in [2.45, 2.75) is 13.3 Å². The molecule has 1 aliphatic heterocycles. The molecule has 0 fully saturated rings. The van der Waals surface area contributed by atoms with Crippen molar-refractivity contribution in [3.8, 4) is 16.9 Å². The Kier molecular flexibility index (Phi) is 3.08. The Bertz CT molecular complexity index is 927. The lowest BCUT2D eigenvalue weighted by Gasteiger charge is -2.14. The molecule has 0 aliphatic carbocycles. The van der Waals surface area contributed by atoms with Crippen LogP contribution in [0.2, 0.25) is 0 Å². The summed E-state index contributed by atoms with van der Waals surface area (Å²) in [5.41, 5.74) is 4.93. The topological polar surface area (TPSA) is 56.2 Å². The van der Waals surface area contributed by atoms with E-state index in [-0.39, 0.29) is 5.91 Å². The number of nitrogens with one attached hydrogen (secondary N) is 1. The number of rotatable bonds is 1. The van der Waals surface area contributed by atoms with E-state index in [0.29, 0.717) is 13.0 Å². The van der Waals surface area contributed by atoms with Crippen LogP contribution in [-0.4, -0.2) is 22.3 Å². The predicted molar refractivity (Wildman–Crippen MR) is 89.6 cm³/mol. The molecule has 116 valence electrons. The highest BCUT2D eigenvalue weighted by atomic mass is 16.5. The molecule has 0 saturated carbocycles. The monoisotopic (exact) mass is 307 g/mol. The summed E-state index contributed by atoms with van der Waals surface area (Å²) >= 11 is 0. The van der Waals surface area contributed by atoms with Crippen LogP contribution >= 0.6 is 0 Å². The maximum Gasteiger partial charge on any atom is 0.227 e. The summed E-state index contributed by atoms with van der Waals surface area (Å²) in [4.78, 5) is 11.7. The molecule has 3 aromatic rings. The number of fused-ring (bicyclic) bond motifs is 2. The van der Waals surface area contributed by atoms with Crippen molar-refractivity contribution in [3.63, 3.8) is 0 Å². The van der Waals surface area contributed by atoms with Gasteiger partial charge in [0.05, 0.1) is 24.2 Å². The number of para-hydroxylation sites is 1. The second-order valence-corrected chi connectivity index (χ2v) is 5.86. The van der Waals surface area contributed by atoms with Crippen molar-refractivity contribution in [1.29, 1.82) is 0 Å². The van der Waals surface area contributed by atoms with E-state index >= 15 is 0 Å². The lowest BCUT2D eigenvalue weighted by molar-refractivity contribution is -0.116. The number of hydrogen-bond donors (Lipinski definition) is 1. The van der Waals surface area contributed by atoms with Crippen LogP contribution in [0.1, 0.15) is 12.0 Å². The molecule has 0 spiro atoms. The van der Waals surface area contributed by atoms with E-state index in [1.165, 1.54) is 0 Å². The van der Waals surface area contributed by atoms with Gasteiger partial charge in [0.15, 0.2) is 5.75 Å². The number of aromatic nitrogens is 2. The summed E-state index contributed by atoms with van der Waals surface area (Å²) in [6, 6.07) is 10.1. The van der Waals surface area contributed by atoms with Crippen LogP contribution in [0.4, 0.5) is 5.69 Å². The highest BCUT2D eigenvalue weighted by molar-refractivity contribution is 5.96. The number of carbonyl (C=O) groups excluding carboxylic acids is 1. The highest BCUT2D eigenvalue weighted by Gasteiger charge is 2.19. The van der Waals surface area contributed by atoms with E-state index in [4.69, 9.17) is 4.74 Å². The Morgan fingerprint density at radius 1 is 1.26 bits per heavy atom. The van der Waals surface area contributed by atoms with Crippen LogP contribution in [0.5, 0.6) is 5.75 Å². The van der Waals surface area contributed by atoms with Gasteiger partial charge in [-0.05, 0) is 36.2 Å². The number of anilines is 1. The third-order valence-corrected chi connectivity index (χ3v) is 4.12. The van der Waals surface area contributed by atoms with Gasteiger partial charge < -0.3 is 10.1 Å². The summed E-state index contributed by atoms with van der Waals surface area (Å²) in [5, 5.41) is 8.45. The number of carbonyl (C=O) groups is 1. The van der Waals surface area contributed by atoms with Crippen LogP contribution in [0.15, 0.2) is 36.5 Å². The number of benzene rings is 2. The summed E-state index contributed by atoms with van der Waals surface area (Å²) in [7, 11) is 1.92. The van der Waals surface area contributed by atoms with Crippen molar-refractivity contribution < 1.29 is 9.53 Å². The van der Waals surface area contributed by atoms with Crippen molar-refractivity contribution in [3.05, 3.63) is 42.1 Å². The average molecular weight is 307 g/mol. The zero-order valence-corrected chi connectivity index (χ0v) is 13.1. The number of ether oxygens (including phenoxy) is 1. The van der Waals surface area contributed by atoms with Crippen LogP contribution in [0, 0.1) is 6.92 Å². The first-order chi connectivity index (χ1) is 11.1. The third kappa shape index (κ3) is 2.34. The Balaban J connectivity index is 1.92. The van der Waals surface area contributed by atoms with Crippen molar-refractivity contribution in [2.75, 3.05) is 11.9 Å². The molecule has 2 heterocycles. The first-order valence-electron chi connectivity index (χ1n) is 7.62. The van der Waals surface area contributed by atoms with Crippen LogP contribution in [0.3, 0.4) is 0 Å². The fourth-order valence-corrected chi connectivity index (χ4v) is 3.05. The van der Waals surface area contributed by atoms with Gasteiger partial charge in [0.1, 0.15) is 0 Å². The molecule has 2 aromatic carbocycles. The lowest BCUT2D eigenvalue weighted by Crippen LogP contribution is -2.10. The van der Waals surface area contributed by atoms with Gasteiger partial charge in [-0.25, -0.2) is 0 Å². The molecule has 4 rings (SSSR count). The number of hydrogen-bond acceptors (Lipinski definition) is 3. The standard InChI is InChI=1S/C18H17N3O2/c1-11-8-16-12(10-21(2)20-16)9-14(11)13-4-3-5-15-18(13)23-7-6-17(22)19-15/h3-5,8-10H,6-7H2,1-2H3,(H,19,22). The first kappa shape index (κ1) is 13.8. The van der Waals surface area contributed by atoms with E-state index in [1.807, 2.05) is 36.1 Å². The highest BCUT2D eigenvalue weighted by Crippen LogP contribution is 2.40. The fraction of sp³-hybridized carbons (Fsp3) is 0.222. The lowest BCUT2D eigenvalue weighted by atomic mass is 9.97. The maximum atomic E-state index is 11.7. The minimum atomic E-state index is -0.0136. The number of aryl methyl sites for hydroxylation is 2. The minimum Gasteiger partial charge on any atom is -0.490 e. The summed E-state index contributed by atoms with van der Waals surface area (Å²) in [6.45, 7) is 2.46. The van der Waals surface area contributed by atoms with Gasteiger partial charge in [-0.3, -0.25) is 9.48 Å². The average Bonchev–Trinajstić information content (AvgIpc) is 2.74. The Morgan fingerprint density at radius 2 is 2.13 bits per heavy atom. The zero-order valence-electron chi connectivity index (χ0n) is 13.1. The van der Waals surface area contributed by atoms with Gasteiger partial charge in [-0.1, -0.05) is 12.1 Å². The molecule has 0 atom stereocenters. The summed E-state index contributed by atoms with van der Waals surface area (Å²) < 4.78 is 7.69. The van der Waals surface area contributed by atoms with Crippen LogP contribution in [0.25, 0.3) is 22.0 Å². The number of nitrogens with zero attached hydrogens (tertiary/aromatic N) is 2. The molecule has 0 radical (unpaired) electrons. The van der Waals surface area contributed by atoms with Gasteiger partial charge >= 0.3 is 0 Å². The van der Waals surface area contributed by atoms with Crippen LogP contribution in [-0.2, 0) is 11.8 Å². The first-order valence-corrected chi connectivity index (χ1v) is 7.62. The van der Waals surface area contributed by atoms with Crippen LogP contribution < -0.4 is 10.1 Å². The van der Waals surface area contributed by atoms with Crippen molar-refractivity contribution >= 4 is 22.5 Å².